The summed E-state index contributed by atoms with van der Waals surface area (Å²) in [5.41, 5.74) is 1.66. The number of fused-ring (bicyclic) bond motifs is 1. The number of rotatable bonds is 1. The van der Waals surface area contributed by atoms with Crippen LogP contribution in [-0.2, 0) is 9.63 Å². The maximum Gasteiger partial charge on any atom is 0.329 e. The summed E-state index contributed by atoms with van der Waals surface area (Å²) >= 11 is 10.3. The van der Waals surface area contributed by atoms with Crippen molar-refractivity contribution >= 4 is 40.4 Å². The van der Waals surface area contributed by atoms with Crippen molar-refractivity contribution in [1.82, 2.24) is 5.06 Å². The van der Waals surface area contributed by atoms with Crippen LogP contribution in [0.4, 0.5) is 0 Å². The molecule has 76 valence electrons. The van der Waals surface area contributed by atoms with E-state index >= 15 is 0 Å². The second-order valence-corrected chi connectivity index (χ2v) is 3.81. The molecular formula is C10H7NO2S2. The summed E-state index contributed by atoms with van der Waals surface area (Å²) in [4.78, 5) is 16.7. The summed E-state index contributed by atoms with van der Waals surface area (Å²) in [6, 6.07) is 7.44. The van der Waals surface area contributed by atoms with E-state index in [9.17, 15) is 4.79 Å². The molecule has 0 amide bonds. The monoisotopic (exact) mass is 237 g/mol. The highest BCUT2D eigenvalue weighted by atomic mass is 32.1. The Bertz CT molecular complexity index is 435. The molecule has 3 nitrogen and oxygen atoms in total. The number of carbonyl (C=O) groups is 1. The normalized spacial score (nSPS) is 14.1. The molecule has 0 saturated heterocycles. The number of thiocarbonyl (C=S) groups is 2. The number of benzene rings is 1. The van der Waals surface area contributed by atoms with Crippen LogP contribution in [0, 0.1) is 0 Å². The molecule has 5 heteroatoms. The molecule has 0 atom stereocenters. The molecule has 0 fully saturated rings. The number of nitrogens with zero attached hydrogens (tertiary/aromatic N) is 1. The van der Waals surface area contributed by atoms with E-state index in [2.05, 4.69) is 0 Å². The third-order valence-corrected chi connectivity index (χ3v) is 2.75. The van der Waals surface area contributed by atoms with Gasteiger partial charge in [-0.25, -0.2) is 4.79 Å². The molecular weight excluding hydrogens is 230 g/mol. The Balaban J connectivity index is 2.41. The first-order valence-corrected chi connectivity index (χ1v) is 5.09. The van der Waals surface area contributed by atoms with Crippen molar-refractivity contribution < 1.29 is 9.63 Å². The topological polar surface area (TPSA) is 29.5 Å². The van der Waals surface area contributed by atoms with E-state index in [1.165, 1.54) is 12.0 Å². The van der Waals surface area contributed by atoms with Crippen LogP contribution in [-0.4, -0.2) is 21.0 Å². The van der Waals surface area contributed by atoms with Gasteiger partial charge in [0.1, 0.15) is 0 Å². The van der Waals surface area contributed by atoms with E-state index < -0.39 is 5.97 Å². The van der Waals surface area contributed by atoms with Crippen molar-refractivity contribution in [3.05, 3.63) is 35.4 Å². The van der Waals surface area contributed by atoms with E-state index in [1.54, 1.807) is 0 Å². The van der Waals surface area contributed by atoms with E-state index in [1.807, 2.05) is 24.3 Å². The predicted molar refractivity (Wildman–Crippen MR) is 63.4 cm³/mol. The van der Waals surface area contributed by atoms with Crippen molar-refractivity contribution in [3.8, 4) is 0 Å². The maximum absolute atomic E-state index is 10.9. The van der Waals surface area contributed by atoms with Crippen LogP contribution in [0.3, 0.4) is 0 Å². The molecule has 0 N–H and O–H groups in total. The Morgan fingerprint density at radius 3 is 2.07 bits per heavy atom. The molecule has 15 heavy (non-hydrogen) atoms. The van der Waals surface area contributed by atoms with E-state index in [0.717, 1.165) is 11.1 Å². The lowest BCUT2D eigenvalue weighted by molar-refractivity contribution is -0.158. The van der Waals surface area contributed by atoms with Crippen LogP contribution in [0.1, 0.15) is 18.1 Å². The van der Waals surface area contributed by atoms with Gasteiger partial charge in [-0.1, -0.05) is 48.7 Å². The van der Waals surface area contributed by atoms with Gasteiger partial charge in [0.15, 0.2) is 9.98 Å². The minimum atomic E-state index is -0.437. The quantitative estimate of drug-likeness (QED) is 0.695. The number of hydrogen-bond acceptors (Lipinski definition) is 4. The highest BCUT2D eigenvalue weighted by Crippen LogP contribution is 2.24. The molecule has 0 spiro atoms. The van der Waals surface area contributed by atoms with Crippen LogP contribution in [0.15, 0.2) is 24.3 Å². The van der Waals surface area contributed by atoms with Gasteiger partial charge in [-0.3, -0.25) is 0 Å². The predicted octanol–water partition coefficient (Wildman–Crippen LogP) is 1.83. The molecule has 1 aromatic carbocycles. The first kappa shape index (κ1) is 10.2. The van der Waals surface area contributed by atoms with Crippen LogP contribution in [0.25, 0.3) is 0 Å². The Kier molecular flexibility index (Phi) is 2.50. The molecule has 1 aliphatic heterocycles. The van der Waals surface area contributed by atoms with Gasteiger partial charge in [-0.2, -0.15) is 5.06 Å². The van der Waals surface area contributed by atoms with Crippen molar-refractivity contribution in [3.63, 3.8) is 0 Å². The van der Waals surface area contributed by atoms with Gasteiger partial charge in [-0.15, -0.1) is 0 Å². The standard InChI is InChI=1S/C10H7NO2S2/c1-6(12)13-11-9(14)7-4-2-3-5-8(7)10(11)15/h2-5H,1H3. The summed E-state index contributed by atoms with van der Waals surface area (Å²) in [7, 11) is 0. The Morgan fingerprint density at radius 2 is 1.67 bits per heavy atom. The lowest BCUT2D eigenvalue weighted by Crippen LogP contribution is -2.30. The first-order chi connectivity index (χ1) is 7.11. The largest absolute Gasteiger partial charge is 0.335 e. The average Bonchev–Trinajstić information content (AvgIpc) is 2.44. The smallest absolute Gasteiger partial charge is 0.329 e. The fraction of sp³-hybridized carbons (Fsp3) is 0.100. The Morgan fingerprint density at radius 1 is 1.20 bits per heavy atom. The van der Waals surface area contributed by atoms with Crippen molar-refractivity contribution in [2.75, 3.05) is 0 Å². The highest BCUT2D eigenvalue weighted by Gasteiger charge is 2.31. The summed E-state index contributed by atoms with van der Waals surface area (Å²) in [5.74, 6) is -0.437. The molecule has 0 aromatic heterocycles. The molecule has 1 aromatic rings. The fourth-order valence-electron chi connectivity index (χ4n) is 1.38. The van der Waals surface area contributed by atoms with E-state index in [-0.39, 0.29) is 0 Å². The Labute approximate surface area is 97.6 Å². The van der Waals surface area contributed by atoms with E-state index in [0.29, 0.717) is 9.98 Å². The highest BCUT2D eigenvalue weighted by molar-refractivity contribution is 7.82. The minimum Gasteiger partial charge on any atom is -0.335 e. The molecule has 0 bridgehead atoms. The van der Waals surface area contributed by atoms with Gasteiger partial charge in [0.2, 0.25) is 0 Å². The number of carbonyl (C=O) groups excluding carboxylic acids is 1. The zero-order valence-electron chi connectivity index (χ0n) is 7.89. The van der Waals surface area contributed by atoms with Gasteiger partial charge >= 0.3 is 5.97 Å². The zero-order valence-corrected chi connectivity index (χ0v) is 9.52. The third kappa shape index (κ3) is 1.64. The van der Waals surface area contributed by atoms with E-state index in [4.69, 9.17) is 29.3 Å². The molecule has 2 rings (SSSR count). The van der Waals surface area contributed by atoms with Crippen LogP contribution in [0.2, 0.25) is 0 Å². The van der Waals surface area contributed by atoms with Crippen molar-refractivity contribution in [1.29, 1.82) is 0 Å². The second kappa shape index (κ2) is 3.67. The second-order valence-electron chi connectivity index (χ2n) is 3.03. The van der Waals surface area contributed by atoms with Crippen molar-refractivity contribution in [2.24, 2.45) is 0 Å². The first-order valence-electron chi connectivity index (χ1n) is 4.27. The van der Waals surface area contributed by atoms with Crippen LogP contribution >= 0.6 is 24.4 Å². The summed E-state index contributed by atoms with van der Waals surface area (Å²) in [6.45, 7) is 1.31. The lowest BCUT2D eigenvalue weighted by atomic mass is 10.1. The van der Waals surface area contributed by atoms with Crippen molar-refractivity contribution in [2.45, 2.75) is 6.92 Å². The molecule has 0 saturated carbocycles. The summed E-state index contributed by atoms with van der Waals surface area (Å²) in [5, 5.41) is 1.22. The minimum absolute atomic E-state index is 0.436. The fourth-order valence-corrected chi connectivity index (χ4v) is 2.05. The van der Waals surface area contributed by atoms with Crippen LogP contribution in [0.5, 0.6) is 0 Å². The lowest BCUT2D eigenvalue weighted by Gasteiger charge is -2.15. The molecule has 1 aliphatic rings. The summed E-state index contributed by atoms with van der Waals surface area (Å²) in [6.07, 6.45) is 0. The maximum atomic E-state index is 10.9. The number of hydrogen-bond donors (Lipinski definition) is 0. The Hall–Kier alpha value is -1.33. The SMILES string of the molecule is CC(=O)ON1C(=S)c2ccccc2C1=S. The van der Waals surface area contributed by atoms with Gasteiger partial charge in [0, 0.05) is 18.1 Å². The molecule has 0 aliphatic carbocycles. The molecule has 0 unspecified atom stereocenters. The van der Waals surface area contributed by atoms with Gasteiger partial charge in [0.25, 0.3) is 0 Å². The van der Waals surface area contributed by atoms with Crippen LogP contribution < -0.4 is 0 Å². The molecule has 0 radical (unpaired) electrons. The third-order valence-electron chi connectivity index (χ3n) is 1.98. The number of hydroxylamine groups is 2. The van der Waals surface area contributed by atoms with Gasteiger partial charge in [-0.05, 0) is 0 Å². The molecule has 1 heterocycles. The average molecular weight is 237 g/mol. The van der Waals surface area contributed by atoms with Gasteiger partial charge < -0.3 is 4.84 Å². The zero-order chi connectivity index (χ0) is 11.0. The van der Waals surface area contributed by atoms with Gasteiger partial charge in [0.05, 0.1) is 0 Å². The summed E-state index contributed by atoms with van der Waals surface area (Å²) < 4.78 is 0.